The molecule has 0 saturated carbocycles. The number of nitrogens with zero attached hydrogens (tertiary/aromatic N) is 1. The summed E-state index contributed by atoms with van der Waals surface area (Å²) >= 11 is 1.07. The number of ketones is 1. The Morgan fingerprint density at radius 2 is 1.69 bits per heavy atom. The summed E-state index contributed by atoms with van der Waals surface area (Å²) in [6.07, 6.45) is 4.66. The average molecular weight is 496 g/mol. The van der Waals surface area contributed by atoms with Crippen molar-refractivity contribution in [3.63, 3.8) is 0 Å². The second kappa shape index (κ2) is 13.6. The first-order chi connectivity index (χ1) is 17.0. The van der Waals surface area contributed by atoms with E-state index in [-0.39, 0.29) is 16.8 Å². The fourth-order valence-electron chi connectivity index (χ4n) is 3.43. The Bertz CT molecular complexity index is 1080. The Kier molecular flexibility index (Phi) is 10.3. The molecule has 0 aliphatic heterocycles. The van der Waals surface area contributed by atoms with Crippen molar-refractivity contribution in [1.82, 2.24) is 4.98 Å². The molecule has 0 aliphatic rings. The summed E-state index contributed by atoms with van der Waals surface area (Å²) in [5.74, 6) is 0.765. The van der Waals surface area contributed by atoms with E-state index in [0.717, 1.165) is 42.8 Å². The van der Waals surface area contributed by atoms with Crippen molar-refractivity contribution in [3.8, 4) is 16.6 Å². The number of rotatable bonds is 14. The Balaban J connectivity index is 1.41. The van der Waals surface area contributed by atoms with E-state index < -0.39 is 6.10 Å². The third-order valence-corrected chi connectivity index (χ3v) is 6.40. The van der Waals surface area contributed by atoms with Crippen molar-refractivity contribution in [2.24, 2.45) is 0 Å². The molecule has 0 radical (unpaired) electrons. The van der Waals surface area contributed by atoms with Gasteiger partial charge in [-0.25, -0.2) is 4.98 Å². The summed E-state index contributed by atoms with van der Waals surface area (Å²) in [6, 6.07) is 17.8. The third kappa shape index (κ3) is 8.51. The van der Waals surface area contributed by atoms with Crippen LogP contribution in [0, 0.1) is 6.92 Å². The predicted molar refractivity (Wildman–Crippen MR) is 138 cm³/mol. The van der Waals surface area contributed by atoms with E-state index in [1.807, 2.05) is 25.1 Å². The van der Waals surface area contributed by atoms with E-state index >= 15 is 0 Å². The molecule has 0 bridgehead atoms. The van der Waals surface area contributed by atoms with E-state index in [1.165, 1.54) is 5.56 Å². The number of aryl methyl sites for hydroxylation is 2. The van der Waals surface area contributed by atoms with Crippen LogP contribution in [-0.2, 0) is 11.2 Å². The molecule has 2 aromatic carbocycles. The van der Waals surface area contributed by atoms with Crippen LogP contribution in [0.4, 0.5) is 0 Å². The number of hydrogen-bond donors (Lipinski definition) is 0. The number of Topliss-reactive ketones (excluding diaryl/α,β-unsaturated/α-hetero) is 1. The Morgan fingerprint density at radius 1 is 0.971 bits per heavy atom. The molecule has 0 N–H and O–H groups in total. The highest BCUT2D eigenvalue weighted by atomic mass is 32.1. The minimum absolute atomic E-state index is 0.258. The number of aromatic nitrogens is 1. The molecule has 0 spiro atoms. The normalized spacial score (nSPS) is 11.6. The number of hydrogen-bond acceptors (Lipinski definition) is 7. The van der Waals surface area contributed by atoms with E-state index in [1.54, 1.807) is 26.0 Å². The van der Waals surface area contributed by atoms with Gasteiger partial charge in [0.05, 0.1) is 12.3 Å². The van der Waals surface area contributed by atoms with Crippen LogP contribution in [0.25, 0.3) is 0 Å². The van der Waals surface area contributed by atoms with Gasteiger partial charge in [0.2, 0.25) is 10.8 Å². The molecule has 3 rings (SSSR count). The van der Waals surface area contributed by atoms with Gasteiger partial charge in [0.25, 0.3) is 0 Å². The maximum Gasteiger partial charge on any atom is 0.312 e. The second-order valence-electron chi connectivity index (χ2n) is 8.36. The summed E-state index contributed by atoms with van der Waals surface area (Å²) in [6.45, 7) is 5.97. The van der Waals surface area contributed by atoms with Gasteiger partial charge in [-0.2, -0.15) is 0 Å². The highest BCUT2D eigenvalue weighted by Crippen LogP contribution is 2.29. The zero-order valence-electron chi connectivity index (χ0n) is 20.6. The van der Waals surface area contributed by atoms with E-state index in [9.17, 15) is 9.59 Å². The van der Waals surface area contributed by atoms with Crippen molar-refractivity contribution in [2.45, 2.75) is 65.4 Å². The van der Waals surface area contributed by atoms with E-state index in [0.29, 0.717) is 36.0 Å². The zero-order chi connectivity index (χ0) is 25.0. The minimum atomic E-state index is -0.726. The van der Waals surface area contributed by atoms with Crippen LogP contribution >= 0.6 is 11.3 Å². The highest BCUT2D eigenvalue weighted by Gasteiger charge is 2.23. The van der Waals surface area contributed by atoms with Gasteiger partial charge < -0.3 is 14.2 Å². The lowest BCUT2D eigenvalue weighted by atomic mass is 10.1. The Labute approximate surface area is 211 Å². The van der Waals surface area contributed by atoms with Crippen molar-refractivity contribution in [3.05, 3.63) is 70.9 Å². The van der Waals surface area contributed by atoms with Gasteiger partial charge in [0.1, 0.15) is 11.5 Å². The van der Waals surface area contributed by atoms with E-state index in [4.69, 9.17) is 14.2 Å². The molecule has 0 amide bonds. The minimum Gasteiger partial charge on any atom is -0.494 e. The molecule has 1 aromatic heterocycles. The van der Waals surface area contributed by atoms with Gasteiger partial charge in [-0.05, 0) is 75.8 Å². The van der Waals surface area contributed by atoms with Crippen LogP contribution in [0.15, 0.2) is 54.6 Å². The van der Waals surface area contributed by atoms with E-state index in [2.05, 4.69) is 29.2 Å². The van der Waals surface area contributed by atoms with Gasteiger partial charge in [0, 0.05) is 6.42 Å². The topological polar surface area (TPSA) is 74.7 Å². The number of benzene rings is 2. The average Bonchev–Trinajstić information content (AvgIpc) is 3.22. The van der Waals surface area contributed by atoms with Gasteiger partial charge in [-0.3, -0.25) is 9.59 Å². The fourth-order valence-corrected chi connectivity index (χ4v) is 4.38. The molecule has 0 aliphatic carbocycles. The molecule has 1 heterocycles. The lowest BCUT2D eigenvalue weighted by molar-refractivity contribution is -0.134. The highest BCUT2D eigenvalue weighted by molar-refractivity contribution is 7.15. The van der Waals surface area contributed by atoms with Gasteiger partial charge in [-0.15, -0.1) is 0 Å². The van der Waals surface area contributed by atoms with Crippen molar-refractivity contribution < 1.29 is 23.8 Å². The van der Waals surface area contributed by atoms with Crippen LogP contribution in [0.1, 0.15) is 67.0 Å². The Hall–Kier alpha value is -3.19. The summed E-state index contributed by atoms with van der Waals surface area (Å²) in [7, 11) is 0. The number of esters is 1. The zero-order valence-corrected chi connectivity index (χ0v) is 21.4. The summed E-state index contributed by atoms with van der Waals surface area (Å²) in [4.78, 5) is 28.8. The predicted octanol–water partition coefficient (Wildman–Crippen LogP) is 6.60. The first-order valence-electron chi connectivity index (χ1n) is 12.1. The molecule has 1 unspecified atom stereocenters. The van der Waals surface area contributed by atoms with Crippen molar-refractivity contribution >= 4 is 23.1 Å². The van der Waals surface area contributed by atoms with Crippen molar-refractivity contribution in [1.29, 1.82) is 0 Å². The quantitative estimate of drug-likeness (QED) is 0.142. The standard InChI is InChI=1S/C28H33NO5S/c1-4-11-25(30)34-28-20(2)29-27(35-28)26(31)21(3)33-24-17-15-23(16-18-24)32-19-10-6-9-14-22-12-7-5-8-13-22/h5,7-8,12-13,15-18,21H,4,6,9-11,14,19H2,1-3H3. The molecular weight excluding hydrogens is 462 g/mol. The fraction of sp³-hybridized carbons (Fsp3) is 0.393. The first kappa shape index (κ1) is 26.4. The van der Waals surface area contributed by atoms with Gasteiger partial charge >= 0.3 is 5.97 Å². The van der Waals surface area contributed by atoms with Gasteiger partial charge in [-0.1, -0.05) is 48.6 Å². The van der Waals surface area contributed by atoms with Crippen molar-refractivity contribution in [2.75, 3.05) is 6.61 Å². The largest absolute Gasteiger partial charge is 0.494 e. The monoisotopic (exact) mass is 495 g/mol. The number of thiazole rings is 1. The van der Waals surface area contributed by atoms with Gasteiger partial charge in [0.15, 0.2) is 11.1 Å². The molecule has 35 heavy (non-hydrogen) atoms. The summed E-state index contributed by atoms with van der Waals surface area (Å²) in [5.41, 5.74) is 1.90. The molecular formula is C28H33NO5S. The number of carbonyl (C=O) groups excluding carboxylic acids is 2. The molecule has 186 valence electrons. The molecule has 3 aromatic rings. The van der Waals surface area contributed by atoms with Crippen LogP contribution in [-0.4, -0.2) is 29.4 Å². The first-order valence-corrected chi connectivity index (χ1v) is 12.9. The number of unbranched alkanes of at least 4 members (excludes halogenated alkanes) is 2. The maximum atomic E-state index is 12.8. The number of carbonyl (C=O) groups is 2. The molecule has 6 nitrogen and oxygen atoms in total. The Morgan fingerprint density at radius 3 is 2.40 bits per heavy atom. The summed E-state index contributed by atoms with van der Waals surface area (Å²) in [5, 5.41) is 0.627. The molecule has 0 fully saturated rings. The van der Waals surface area contributed by atoms with Crippen LogP contribution in [0.2, 0.25) is 0 Å². The summed E-state index contributed by atoms with van der Waals surface area (Å²) < 4.78 is 16.9. The number of ether oxygens (including phenoxy) is 3. The SMILES string of the molecule is CCCC(=O)Oc1sc(C(=O)C(C)Oc2ccc(OCCCCCc3ccccc3)cc2)nc1C. The van der Waals surface area contributed by atoms with Crippen LogP contribution in [0.5, 0.6) is 16.6 Å². The lowest BCUT2D eigenvalue weighted by Gasteiger charge is -2.13. The van der Waals surface area contributed by atoms with Crippen LogP contribution in [0.3, 0.4) is 0 Å². The second-order valence-corrected chi connectivity index (χ2v) is 9.32. The third-order valence-electron chi connectivity index (χ3n) is 5.35. The molecule has 1 atom stereocenters. The smallest absolute Gasteiger partial charge is 0.312 e. The van der Waals surface area contributed by atoms with Crippen LogP contribution < -0.4 is 14.2 Å². The lowest BCUT2D eigenvalue weighted by Crippen LogP contribution is -2.23. The molecule has 0 saturated heterocycles. The molecule has 7 heteroatoms. The maximum absolute atomic E-state index is 12.8.